The summed E-state index contributed by atoms with van der Waals surface area (Å²) in [4.78, 5) is 3.81. The van der Waals surface area contributed by atoms with Crippen LogP contribution in [0.15, 0.2) is 29.2 Å². The van der Waals surface area contributed by atoms with Gasteiger partial charge >= 0.3 is 0 Å². The fraction of sp³-hybridized carbons (Fsp3) is 0.450. The van der Waals surface area contributed by atoms with Gasteiger partial charge < -0.3 is 10.2 Å². The number of pyridine rings is 1. The highest BCUT2D eigenvalue weighted by atomic mass is 35.5. The Balaban J connectivity index is 1.93. The van der Waals surface area contributed by atoms with Gasteiger partial charge in [0.25, 0.3) is 10.0 Å². The highest BCUT2D eigenvalue weighted by Crippen LogP contribution is 2.38. The summed E-state index contributed by atoms with van der Waals surface area (Å²) in [6.07, 6.45) is 0.705. The van der Waals surface area contributed by atoms with Crippen molar-refractivity contribution in [3.05, 3.63) is 46.9 Å². The fourth-order valence-corrected chi connectivity index (χ4v) is 5.34. The van der Waals surface area contributed by atoms with Crippen LogP contribution < -0.4 is 14.9 Å². The average molecular weight is 477 g/mol. The minimum atomic E-state index is -4.75. The van der Waals surface area contributed by atoms with Crippen molar-refractivity contribution in [2.24, 2.45) is 0 Å². The van der Waals surface area contributed by atoms with Crippen LogP contribution in [0.5, 0.6) is 0 Å². The molecule has 2 aromatic rings. The zero-order chi connectivity index (χ0) is 23.2. The summed E-state index contributed by atoms with van der Waals surface area (Å²) in [6, 6.07) is 4.27. The quantitative estimate of drug-likeness (QED) is 0.497. The molecular formula is C20H24ClF3N4O2S. The molecule has 11 heteroatoms. The topological polar surface area (TPSA) is 74.3 Å². The van der Waals surface area contributed by atoms with Crippen molar-refractivity contribution in [2.45, 2.75) is 50.1 Å². The zero-order valence-electron chi connectivity index (χ0n) is 17.6. The van der Waals surface area contributed by atoms with Crippen LogP contribution in [-0.4, -0.2) is 37.6 Å². The van der Waals surface area contributed by atoms with Crippen LogP contribution in [0, 0.1) is 17.6 Å². The highest BCUT2D eigenvalue weighted by molar-refractivity contribution is 7.92. The van der Waals surface area contributed by atoms with Crippen molar-refractivity contribution in [2.75, 3.05) is 22.7 Å². The predicted octanol–water partition coefficient (Wildman–Crippen LogP) is 4.31. The molecule has 1 atom stereocenters. The molecule has 0 saturated carbocycles. The third kappa shape index (κ3) is 5.24. The Morgan fingerprint density at radius 1 is 1.23 bits per heavy atom. The molecule has 31 heavy (non-hydrogen) atoms. The van der Waals surface area contributed by atoms with E-state index in [1.54, 1.807) is 4.90 Å². The number of anilines is 2. The molecule has 6 nitrogen and oxygen atoms in total. The Morgan fingerprint density at radius 2 is 1.90 bits per heavy atom. The third-order valence-corrected chi connectivity index (χ3v) is 6.56. The molecule has 170 valence electrons. The van der Waals surface area contributed by atoms with Crippen LogP contribution in [0.4, 0.5) is 24.7 Å². The van der Waals surface area contributed by atoms with Crippen LogP contribution >= 0.6 is 11.6 Å². The van der Waals surface area contributed by atoms with Gasteiger partial charge in [-0.1, -0.05) is 17.7 Å². The molecule has 1 aliphatic rings. The van der Waals surface area contributed by atoms with Gasteiger partial charge in [0, 0.05) is 30.2 Å². The molecule has 3 rings (SSSR count). The third-order valence-electron chi connectivity index (χ3n) is 4.81. The first-order chi connectivity index (χ1) is 14.2. The van der Waals surface area contributed by atoms with Crippen LogP contribution in [-0.2, 0) is 10.0 Å². The van der Waals surface area contributed by atoms with Crippen LogP contribution in [0.2, 0.25) is 5.02 Å². The Labute approximate surface area is 184 Å². The van der Waals surface area contributed by atoms with E-state index in [4.69, 9.17) is 11.6 Å². The van der Waals surface area contributed by atoms with Gasteiger partial charge in [0.1, 0.15) is 16.7 Å². The van der Waals surface area contributed by atoms with E-state index in [1.807, 2.05) is 32.4 Å². The van der Waals surface area contributed by atoms with Gasteiger partial charge in [0.05, 0.1) is 5.69 Å². The lowest BCUT2D eigenvalue weighted by atomic mass is 9.96. The first kappa shape index (κ1) is 23.6. The minimum absolute atomic E-state index is 0.0685. The second kappa shape index (κ2) is 8.14. The maximum Gasteiger partial charge on any atom is 0.268 e. The summed E-state index contributed by atoms with van der Waals surface area (Å²) < 4.78 is 70.1. The standard InChI is InChI=1S/C20H24ClF3N4O2S/c1-19(2,3)27-20(4)8-9-28(11-20)13-10-12(22)18(17(24)16(13)21)31(29,30)26-15-7-5-6-14(23)25-15/h5-7,10,27H,8-9,11H2,1-4H3,(H,25,26)/t20-/m0/s1. The van der Waals surface area contributed by atoms with Crippen LogP contribution in [0.1, 0.15) is 34.1 Å². The molecule has 0 unspecified atom stereocenters. The largest absolute Gasteiger partial charge is 0.368 e. The van der Waals surface area contributed by atoms with Crippen molar-refractivity contribution >= 4 is 33.1 Å². The van der Waals surface area contributed by atoms with Crippen molar-refractivity contribution in [3.8, 4) is 0 Å². The molecular weight excluding hydrogens is 453 g/mol. The van der Waals surface area contributed by atoms with E-state index in [2.05, 4.69) is 10.3 Å². The number of rotatable bonds is 5. The molecule has 1 aliphatic heterocycles. The van der Waals surface area contributed by atoms with E-state index in [9.17, 15) is 21.6 Å². The number of aromatic nitrogens is 1. The summed E-state index contributed by atoms with van der Waals surface area (Å²) in [5.74, 6) is -4.09. The summed E-state index contributed by atoms with van der Waals surface area (Å²) in [5, 5.41) is 2.99. The normalized spacial score (nSPS) is 19.7. The van der Waals surface area contributed by atoms with Crippen molar-refractivity contribution < 1.29 is 21.6 Å². The van der Waals surface area contributed by atoms with Gasteiger partial charge in [-0.3, -0.25) is 4.72 Å². The van der Waals surface area contributed by atoms with Crippen molar-refractivity contribution in [1.29, 1.82) is 0 Å². The van der Waals surface area contributed by atoms with E-state index >= 15 is 0 Å². The number of hydrogen-bond acceptors (Lipinski definition) is 5. The van der Waals surface area contributed by atoms with Crippen molar-refractivity contribution in [1.82, 2.24) is 10.3 Å². The van der Waals surface area contributed by atoms with Gasteiger partial charge in [-0.05, 0) is 46.2 Å². The Kier molecular flexibility index (Phi) is 6.20. The van der Waals surface area contributed by atoms with Gasteiger partial charge in [-0.25, -0.2) is 22.2 Å². The molecule has 2 N–H and O–H groups in total. The van der Waals surface area contributed by atoms with Gasteiger partial charge in [-0.2, -0.15) is 4.39 Å². The molecule has 2 heterocycles. The van der Waals surface area contributed by atoms with Crippen molar-refractivity contribution in [3.63, 3.8) is 0 Å². The number of nitrogens with zero attached hydrogens (tertiary/aromatic N) is 2. The van der Waals surface area contributed by atoms with E-state index in [0.29, 0.717) is 19.5 Å². The zero-order valence-corrected chi connectivity index (χ0v) is 19.1. The number of sulfonamides is 1. The maximum atomic E-state index is 15.0. The van der Waals surface area contributed by atoms with Gasteiger partial charge in [-0.15, -0.1) is 0 Å². The maximum absolute atomic E-state index is 15.0. The second-order valence-corrected chi connectivity index (χ2v) is 10.9. The summed E-state index contributed by atoms with van der Waals surface area (Å²) in [7, 11) is -4.75. The minimum Gasteiger partial charge on any atom is -0.368 e. The smallest absolute Gasteiger partial charge is 0.268 e. The molecule has 0 aliphatic carbocycles. The number of hydrogen-bond donors (Lipinski definition) is 2. The number of benzene rings is 1. The monoisotopic (exact) mass is 476 g/mol. The summed E-state index contributed by atoms with van der Waals surface area (Å²) >= 11 is 6.14. The van der Waals surface area contributed by atoms with Crippen LogP contribution in [0.25, 0.3) is 0 Å². The fourth-order valence-electron chi connectivity index (χ4n) is 3.87. The summed E-state index contributed by atoms with van der Waals surface area (Å²) in [5.41, 5.74) is -0.414. The lowest BCUT2D eigenvalue weighted by Gasteiger charge is -2.35. The molecule has 1 saturated heterocycles. The second-order valence-electron chi connectivity index (χ2n) is 8.89. The number of nitrogens with one attached hydrogen (secondary N) is 2. The van der Waals surface area contributed by atoms with E-state index in [0.717, 1.165) is 18.2 Å². The first-order valence-corrected chi connectivity index (χ1v) is 11.4. The van der Waals surface area contributed by atoms with Crippen LogP contribution in [0.3, 0.4) is 0 Å². The van der Waals surface area contributed by atoms with E-state index in [-0.39, 0.29) is 16.8 Å². The molecule has 1 aromatic heterocycles. The molecule has 0 radical (unpaired) electrons. The molecule has 1 aromatic carbocycles. The summed E-state index contributed by atoms with van der Waals surface area (Å²) in [6.45, 7) is 8.98. The lowest BCUT2D eigenvalue weighted by Crippen LogP contribution is -2.53. The number of halogens is 4. The molecule has 0 spiro atoms. The van der Waals surface area contributed by atoms with E-state index in [1.165, 1.54) is 6.07 Å². The Morgan fingerprint density at radius 3 is 2.52 bits per heavy atom. The van der Waals surface area contributed by atoms with E-state index < -0.39 is 43.3 Å². The molecule has 0 bridgehead atoms. The molecule has 1 fully saturated rings. The lowest BCUT2D eigenvalue weighted by molar-refractivity contribution is 0.283. The SMILES string of the molecule is CC(C)(C)N[C@@]1(C)CCN(c2cc(F)c(S(=O)(=O)Nc3cccc(F)n3)c(F)c2Cl)C1. The Hall–Kier alpha value is -2.04. The average Bonchev–Trinajstić information content (AvgIpc) is 2.97. The first-order valence-electron chi connectivity index (χ1n) is 9.58. The highest BCUT2D eigenvalue weighted by Gasteiger charge is 2.38. The molecule has 0 amide bonds. The van der Waals surface area contributed by atoms with Gasteiger partial charge in [0.2, 0.25) is 5.95 Å². The predicted molar refractivity (Wildman–Crippen MR) is 114 cm³/mol. The van der Waals surface area contributed by atoms with Gasteiger partial charge in [0.15, 0.2) is 10.7 Å². The Bertz CT molecular complexity index is 1110.